The number of hydrogen-bond acceptors (Lipinski definition) is 7. The SMILES string of the molecule is CC(C)(C)CCNNC(=O)[C@@]1(Cc2ccccc2CN=[N+]=[N-])N=C(c2ccc(OCCCO)cc2)O[C@H]1c1ccc(Br)cc1. The number of azide groups is 1. The summed E-state index contributed by atoms with van der Waals surface area (Å²) in [6.45, 7) is 7.62. The molecule has 232 valence electrons. The van der Waals surface area contributed by atoms with Crippen molar-refractivity contribution in [3.8, 4) is 5.75 Å². The molecule has 0 aliphatic carbocycles. The van der Waals surface area contributed by atoms with Gasteiger partial charge in [0.2, 0.25) is 5.90 Å². The number of amides is 1. The second-order valence-electron chi connectivity index (χ2n) is 11.9. The largest absolute Gasteiger partial charge is 0.494 e. The fourth-order valence-electron chi connectivity index (χ4n) is 4.89. The van der Waals surface area contributed by atoms with Gasteiger partial charge < -0.3 is 14.6 Å². The minimum absolute atomic E-state index is 0.0569. The maximum Gasteiger partial charge on any atom is 0.266 e. The van der Waals surface area contributed by atoms with Crippen molar-refractivity contribution in [2.75, 3.05) is 19.8 Å². The Balaban J connectivity index is 1.78. The fourth-order valence-corrected chi connectivity index (χ4v) is 5.16. The van der Waals surface area contributed by atoms with Crippen molar-refractivity contribution in [3.63, 3.8) is 0 Å². The average molecular weight is 664 g/mol. The summed E-state index contributed by atoms with van der Waals surface area (Å²) in [5.74, 6) is 0.651. The third-order valence-electron chi connectivity index (χ3n) is 7.29. The number of hydrogen-bond donors (Lipinski definition) is 3. The Hall–Kier alpha value is -3.89. The topological polar surface area (TPSA) is 141 Å². The van der Waals surface area contributed by atoms with Crippen molar-refractivity contribution in [1.29, 1.82) is 0 Å². The van der Waals surface area contributed by atoms with Crippen LogP contribution in [0.2, 0.25) is 0 Å². The Morgan fingerprint density at radius 2 is 1.82 bits per heavy atom. The summed E-state index contributed by atoms with van der Waals surface area (Å²) >= 11 is 3.51. The highest BCUT2D eigenvalue weighted by Crippen LogP contribution is 2.43. The van der Waals surface area contributed by atoms with E-state index in [-0.39, 0.29) is 30.9 Å². The summed E-state index contributed by atoms with van der Waals surface area (Å²) in [7, 11) is 0. The number of benzene rings is 3. The van der Waals surface area contributed by atoms with Gasteiger partial charge in [-0.25, -0.2) is 10.4 Å². The van der Waals surface area contributed by atoms with Crippen LogP contribution in [-0.2, 0) is 22.5 Å². The highest BCUT2D eigenvalue weighted by Gasteiger charge is 2.53. The van der Waals surface area contributed by atoms with E-state index in [1.807, 2.05) is 72.8 Å². The number of nitrogens with one attached hydrogen (secondary N) is 2. The van der Waals surface area contributed by atoms with Gasteiger partial charge in [0.1, 0.15) is 5.75 Å². The smallest absolute Gasteiger partial charge is 0.266 e. The van der Waals surface area contributed by atoms with Crippen LogP contribution in [0.5, 0.6) is 5.75 Å². The van der Waals surface area contributed by atoms with E-state index in [1.165, 1.54) is 0 Å². The molecule has 0 saturated carbocycles. The van der Waals surface area contributed by atoms with E-state index in [1.54, 1.807) is 0 Å². The first-order chi connectivity index (χ1) is 21.1. The van der Waals surface area contributed by atoms with E-state index in [0.717, 1.165) is 27.6 Å². The first-order valence-electron chi connectivity index (χ1n) is 14.6. The average Bonchev–Trinajstić information content (AvgIpc) is 3.39. The Labute approximate surface area is 266 Å². The van der Waals surface area contributed by atoms with Crippen molar-refractivity contribution < 1.29 is 19.4 Å². The molecule has 0 aromatic heterocycles. The van der Waals surface area contributed by atoms with Gasteiger partial charge in [-0.3, -0.25) is 10.2 Å². The summed E-state index contributed by atoms with van der Waals surface area (Å²) in [5.41, 5.74) is 16.8. The Morgan fingerprint density at radius 3 is 2.48 bits per heavy atom. The highest BCUT2D eigenvalue weighted by atomic mass is 79.9. The maximum absolute atomic E-state index is 14.4. The molecule has 3 N–H and O–H groups in total. The lowest BCUT2D eigenvalue weighted by Gasteiger charge is -2.31. The zero-order chi connectivity index (χ0) is 31.6. The molecule has 0 bridgehead atoms. The second-order valence-corrected chi connectivity index (χ2v) is 12.8. The molecule has 0 fully saturated rings. The first-order valence-corrected chi connectivity index (χ1v) is 15.4. The molecule has 0 spiro atoms. The number of nitrogens with zero attached hydrogens (tertiary/aromatic N) is 4. The van der Waals surface area contributed by atoms with E-state index in [4.69, 9.17) is 25.1 Å². The van der Waals surface area contributed by atoms with E-state index in [9.17, 15) is 4.79 Å². The highest BCUT2D eigenvalue weighted by molar-refractivity contribution is 9.10. The van der Waals surface area contributed by atoms with Crippen molar-refractivity contribution in [2.45, 2.75) is 58.2 Å². The van der Waals surface area contributed by atoms with E-state index < -0.39 is 11.6 Å². The third kappa shape index (κ3) is 8.60. The number of aliphatic imine (C=N–C) groups is 1. The zero-order valence-electron chi connectivity index (χ0n) is 25.3. The lowest BCUT2D eigenvalue weighted by molar-refractivity contribution is -0.130. The van der Waals surface area contributed by atoms with Gasteiger partial charge in [-0.1, -0.05) is 78.2 Å². The van der Waals surface area contributed by atoms with Crippen LogP contribution in [0.4, 0.5) is 0 Å². The number of carbonyl (C=O) groups is 1. The predicted molar refractivity (Wildman–Crippen MR) is 174 cm³/mol. The molecule has 2 atom stereocenters. The minimum atomic E-state index is -1.40. The Morgan fingerprint density at radius 1 is 1.11 bits per heavy atom. The normalized spacial score (nSPS) is 17.8. The van der Waals surface area contributed by atoms with Crippen LogP contribution in [0.15, 0.2) is 87.4 Å². The molecule has 44 heavy (non-hydrogen) atoms. The minimum Gasteiger partial charge on any atom is -0.494 e. The Kier molecular flexibility index (Phi) is 11.4. The molecule has 4 rings (SSSR count). The van der Waals surface area contributed by atoms with Crippen molar-refractivity contribution in [3.05, 3.63) is 110 Å². The molecule has 3 aromatic carbocycles. The summed E-state index contributed by atoms with van der Waals surface area (Å²) in [6.07, 6.45) is 0.824. The molecule has 11 heteroatoms. The van der Waals surface area contributed by atoms with Gasteiger partial charge in [-0.05, 0) is 70.5 Å². The van der Waals surface area contributed by atoms with E-state index >= 15 is 0 Å². The molecule has 1 amide bonds. The van der Waals surface area contributed by atoms with Gasteiger partial charge in [-0.2, -0.15) is 0 Å². The third-order valence-corrected chi connectivity index (χ3v) is 7.82. The van der Waals surface area contributed by atoms with Crippen LogP contribution in [0.25, 0.3) is 10.4 Å². The lowest BCUT2D eigenvalue weighted by Crippen LogP contribution is -2.54. The number of aliphatic hydroxyl groups is 1. The van der Waals surface area contributed by atoms with Crippen molar-refractivity contribution in [1.82, 2.24) is 10.9 Å². The molecule has 0 unspecified atom stereocenters. The van der Waals surface area contributed by atoms with Crippen molar-refractivity contribution >= 4 is 27.7 Å². The van der Waals surface area contributed by atoms with Crippen LogP contribution < -0.4 is 15.6 Å². The fraction of sp³-hybridized carbons (Fsp3) is 0.394. The summed E-state index contributed by atoms with van der Waals surface area (Å²) < 4.78 is 13.2. The molecular formula is C33H39BrN6O4. The zero-order valence-corrected chi connectivity index (χ0v) is 26.9. The van der Waals surface area contributed by atoms with Crippen molar-refractivity contribution in [2.24, 2.45) is 15.5 Å². The number of ether oxygens (including phenoxy) is 2. The van der Waals surface area contributed by atoms with Gasteiger partial charge in [0.05, 0.1) is 13.2 Å². The molecule has 10 nitrogen and oxygen atoms in total. The lowest BCUT2D eigenvalue weighted by atomic mass is 9.81. The number of aliphatic hydroxyl groups excluding tert-OH is 1. The molecule has 1 aliphatic rings. The second kappa shape index (κ2) is 15.2. The number of halogens is 1. The van der Waals surface area contributed by atoms with E-state index in [0.29, 0.717) is 36.8 Å². The van der Waals surface area contributed by atoms with Crippen LogP contribution in [0.3, 0.4) is 0 Å². The summed E-state index contributed by atoms with van der Waals surface area (Å²) in [4.78, 5) is 22.4. The molecule has 1 aliphatic heterocycles. The molecular weight excluding hydrogens is 624 g/mol. The maximum atomic E-state index is 14.4. The predicted octanol–water partition coefficient (Wildman–Crippen LogP) is 6.58. The van der Waals surface area contributed by atoms with E-state index in [2.05, 4.69) is 57.6 Å². The first kappa shape index (κ1) is 33.0. The number of hydrazine groups is 1. The molecule has 0 radical (unpaired) electrons. The molecule has 0 saturated heterocycles. The quantitative estimate of drug-likeness (QED) is 0.0588. The number of carbonyl (C=O) groups excluding carboxylic acids is 1. The van der Waals surface area contributed by atoms with Gasteiger partial charge in [0.15, 0.2) is 11.6 Å². The summed E-state index contributed by atoms with van der Waals surface area (Å²) in [6, 6.07) is 22.6. The van der Waals surface area contributed by atoms with Gasteiger partial charge >= 0.3 is 0 Å². The van der Waals surface area contributed by atoms with Crippen LogP contribution in [0, 0.1) is 5.41 Å². The standard InChI is InChI=1S/C33H39BrN6O4/c1-32(2,3)17-18-36-39-31(42)33(21-25-7-4-5-8-26(25)22-37-40-35)29(23-9-13-27(34)14-10-23)44-30(38-33)24-11-15-28(16-12-24)43-20-6-19-41/h4-5,7-16,29,36,41H,6,17-22H2,1-3H3,(H,39,42)/t29-,33-/m0/s1. The van der Waals surface area contributed by atoms with Crippen LogP contribution in [-0.4, -0.2) is 42.2 Å². The van der Waals surface area contributed by atoms with Gasteiger partial charge in [-0.15, -0.1) is 0 Å². The summed E-state index contributed by atoms with van der Waals surface area (Å²) in [5, 5.41) is 12.8. The molecule has 3 aromatic rings. The Bertz CT molecular complexity index is 1480. The van der Waals surface area contributed by atoms with Gasteiger partial charge in [0, 0.05) is 40.9 Å². The van der Waals surface area contributed by atoms with Gasteiger partial charge in [0.25, 0.3) is 5.91 Å². The monoisotopic (exact) mass is 662 g/mol. The van der Waals surface area contributed by atoms with Crippen LogP contribution in [0.1, 0.15) is 62.0 Å². The number of rotatable bonds is 14. The molecule has 1 heterocycles. The van der Waals surface area contributed by atoms with Crippen LogP contribution >= 0.6 is 15.9 Å².